The molecule has 1 heterocycles. The molecule has 0 aromatic heterocycles. The van der Waals surface area contributed by atoms with Crippen LogP contribution in [-0.2, 0) is 4.79 Å². The summed E-state index contributed by atoms with van der Waals surface area (Å²) in [6.07, 6.45) is 6.92. The van der Waals surface area contributed by atoms with Crippen LogP contribution in [0.5, 0.6) is 5.75 Å². The number of aliphatic imine (C=N–C) groups is 1. The third-order valence-corrected chi connectivity index (χ3v) is 4.94. The quantitative estimate of drug-likeness (QED) is 0.552. The Kier molecular flexibility index (Phi) is 6.19. The Balaban J connectivity index is 1.87. The van der Waals surface area contributed by atoms with Crippen LogP contribution in [0.4, 0.5) is 5.69 Å². The van der Waals surface area contributed by atoms with Gasteiger partial charge in [0.15, 0.2) is 5.17 Å². The van der Waals surface area contributed by atoms with Gasteiger partial charge in [0.1, 0.15) is 12.4 Å². The summed E-state index contributed by atoms with van der Waals surface area (Å²) in [6, 6.07) is 11.4. The van der Waals surface area contributed by atoms with Crippen molar-refractivity contribution >= 4 is 56.5 Å². The Morgan fingerprint density at radius 1 is 1.36 bits per heavy atom. The van der Waals surface area contributed by atoms with Crippen LogP contribution in [-0.4, -0.2) is 23.7 Å². The van der Waals surface area contributed by atoms with Crippen molar-refractivity contribution in [2.75, 3.05) is 6.61 Å². The molecule has 0 unspecified atom stereocenters. The van der Waals surface area contributed by atoms with Crippen LogP contribution < -0.4 is 15.2 Å². The van der Waals surface area contributed by atoms with E-state index in [1.165, 1.54) is 12.1 Å². The summed E-state index contributed by atoms with van der Waals surface area (Å²) in [5.74, 6) is 1.34. The Morgan fingerprint density at radius 3 is 2.93 bits per heavy atom. The minimum atomic E-state index is -1.29. The fraction of sp³-hybridized carbons (Fsp3) is 0.0500. The predicted molar refractivity (Wildman–Crippen MR) is 110 cm³/mol. The molecule has 1 fully saturated rings. The van der Waals surface area contributed by atoms with E-state index in [0.29, 0.717) is 27.1 Å². The number of carbonyl (C=O) groups excluding carboxylic acids is 2. The van der Waals surface area contributed by atoms with Crippen LogP contribution in [0.25, 0.3) is 6.08 Å². The van der Waals surface area contributed by atoms with E-state index >= 15 is 0 Å². The topological polar surface area (TPSA) is 90.8 Å². The highest BCUT2D eigenvalue weighted by Gasteiger charge is 2.24. The lowest BCUT2D eigenvalue weighted by Crippen LogP contribution is -2.22. The number of carbonyl (C=O) groups is 2. The lowest BCUT2D eigenvalue weighted by Gasteiger charge is -2.07. The number of halogens is 1. The van der Waals surface area contributed by atoms with Crippen LogP contribution in [0, 0.1) is 12.3 Å². The second-order valence-electron chi connectivity index (χ2n) is 5.49. The number of amides is 1. The summed E-state index contributed by atoms with van der Waals surface area (Å²) in [4.78, 5) is 28.0. The predicted octanol–water partition coefficient (Wildman–Crippen LogP) is 2.72. The maximum Gasteiger partial charge on any atom is 0.264 e. The smallest absolute Gasteiger partial charge is 0.264 e. The number of ether oxygens (including phenoxy) is 1. The number of hydrogen-bond donors (Lipinski definition) is 1. The van der Waals surface area contributed by atoms with Gasteiger partial charge in [0.2, 0.25) is 0 Å². The Bertz CT molecular complexity index is 1060. The highest BCUT2D eigenvalue weighted by Crippen LogP contribution is 2.32. The number of rotatable bonds is 5. The van der Waals surface area contributed by atoms with E-state index in [1.807, 2.05) is 12.1 Å². The fourth-order valence-corrected chi connectivity index (χ4v) is 3.54. The zero-order chi connectivity index (χ0) is 20.1. The van der Waals surface area contributed by atoms with Gasteiger partial charge in [-0.15, -0.1) is 6.42 Å². The highest BCUT2D eigenvalue weighted by atomic mass is 79.9. The molecule has 1 aliphatic rings. The van der Waals surface area contributed by atoms with Gasteiger partial charge in [0.05, 0.1) is 16.6 Å². The maximum absolute atomic E-state index is 12.3. The molecular weight excluding hydrogens is 444 g/mol. The van der Waals surface area contributed by atoms with Crippen molar-refractivity contribution < 1.29 is 19.4 Å². The third-order valence-electron chi connectivity index (χ3n) is 3.53. The van der Waals surface area contributed by atoms with Gasteiger partial charge in [-0.25, -0.2) is 4.99 Å². The molecule has 28 heavy (non-hydrogen) atoms. The fourth-order valence-electron chi connectivity index (χ4n) is 2.32. The van der Waals surface area contributed by atoms with Gasteiger partial charge >= 0.3 is 0 Å². The van der Waals surface area contributed by atoms with E-state index in [4.69, 9.17) is 11.2 Å². The van der Waals surface area contributed by atoms with Gasteiger partial charge in [0.25, 0.3) is 5.91 Å². The molecule has 0 spiro atoms. The zero-order valence-electron chi connectivity index (χ0n) is 14.3. The molecule has 0 bridgehead atoms. The number of thioether (sulfide) groups is 1. The van der Waals surface area contributed by atoms with Crippen LogP contribution >= 0.6 is 27.7 Å². The van der Waals surface area contributed by atoms with E-state index in [9.17, 15) is 14.7 Å². The largest absolute Gasteiger partial charge is 0.545 e. The normalized spacial score (nSPS) is 16.1. The summed E-state index contributed by atoms with van der Waals surface area (Å²) in [7, 11) is 0. The lowest BCUT2D eigenvalue weighted by molar-refractivity contribution is -0.255. The first kappa shape index (κ1) is 19.7. The third kappa shape index (κ3) is 4.82. The first-order chi connectivity index (χ1) is 13.5. The van der Waals surface area contributed by atoms with E-state index in [1.54, 1.807) is 24.3 Å². The molecule has 1 N–H and O–H groups in total. The molecular formula is C20H12BrN2O4S-. The number of terminal acetylenes is 1. The second-order valence-corrected chi connectivity index (χ2v) is 7.44. The molecule has 6 nitrogen and oxygen atoms in total. The average molecular weight is 456 g/mol. The Morgan fingerprint density at radius 2 is 2.18 bits per heavy atom. The molecule has 2 aromatic rings. The molecule has 8 heteroatoms. The number of aromatic carboxylic acids is 1. The highest BCUT2D eigenvalue weighted by molar-refractivity contribution is 9.10. The van der Waals surface area contributed by atoms with E-state index in [0.717, 1.165) is 16.2 Å². The first-order valence-electron chi connectivity index (χ1n) is 7.93. The first-order valence-corrected chi connectivity index (χ1v) is 9.54. The number of amidine groups is 1. The zero-order valence-corrected chi connectivity index (χ0v) is 16.7. The Hall–Kier alpha value is -3.02. The lowest BCUT2D eigenvalue weighted by atomic mass is 10.2. The number of benzene rings is 2. The van der Waals surface area contributed by atoms with E-state index < -0.39 is 5.97 Å². The van der Waals surface area contributed by atoms with Gasteiger partial charge in [-0.1, -0.05) is 34.0 Å². The number of carboxylic acids is 1. The summed E-state index contributed by atoms with van der Waals surface area (Å²) in [6.45, 7) is 0.110. The standard InChI is InChI=1S/C20H13BrN2O4S/c1-2-8-27-16-7-6-14(21)9-13(16)11-17-18(24)23-20(28-17)22-15-5-3-4-12(10-15)19(25)26/h1,3-7,9-11H,8H2,(H,25,26)(H,22,23,24)/p-1/b17-11-. The van der Waals surface area contributed by atoms with Gasteiger partial charge in [0, 0.05) is 10.0 Å². The number of hydrogen-bond acceptors (Lipinski definition) is 6. The van der Waals surface area contributed by atoms with Gasteiger partial charge in [-0.3, -0.25) is 4.79 Å². The van der Waals surface area contributed by atoms with Crippen molar-refractivity contribution in [2.24, 2.45) is 4.99 Å². The number of carboxylic acid groups (broad SMARTS) is 1. The van der Waals surface area contributed by atoms with Crippen molar-refractivity contribution in [2.45, 2.75) is 0 Å². The second kappa shape index (κ2) is 8.78. The molecule has 1 saturated heterocycles. The minimum Gasteiger partial charge on any atom is -0.545 e. The average Bonchev–Trinajstić information content (AvgIpc) is 3.00. The van der Waals surface area contributed by atoms with Gasteiger partial charge < -0.3 is 20.0 Å². The number of nitrogens with zero attached hydrogens (tertiary/aromatic N) is 1. The molecule has 0 atom stereocenters. The SMILES string of the molecule is C#CCOc1ccc(Br)cc1/C=C1\SC(=Nc2cccc(C(=O)[O-])c2)NC1=O. The molecule has 1 amide bonds. The summed E-state index contributed by atoms with van der Waals surface area (Å²) in [5, 5.41) is 14.0. The van der Waals surface area contributed by atoms with Gasteiger partial charge in [-0.2, -0.15) is 0 Å². The molecule has 140 valence electrons. The number of nitrogens with one attached hydrogen (secondary N) is 1. The van der Waals surface area contributed by atoms with Crippen molar-refractivity contribution in [1.82, 2.24) is 5.32 Å². The maximum atomic E-state index is 12.3. The van der Waals surface area contributed by atoms with Crippen LogP contribution in [0.15, 0.2) is 56.8 Å². The van der Waals surface area contributed by atoms with E-state index in [-0.39, 0.29) is 18.1 Å². The van der Waals surface area contributed by atoms with Crippen molar-refractivity contribution in [3.63, 3.8) is 0 Å². The van der Waals surface area contributed by atoms with Crippen molar-refractivity contribution in [3.05, 3.63) is 63.0 Å². The molecule has 2 aromatic carbocycles. The van der Waals surface area contributed by atoms with Gasteiger partial charge in [-0.05, 0) is 53.7 Å². The summed E-state index contributed by atoms with van der Waals surface area (Å²) >= 11 is 4.53. The molecule has 0 saturated carbocycles. The molecule has 0 aliphatic carbocycles. The molecule has 0 radical (unpaired) electrons. The minimum absolute atomic E-state index is 0.0105. The Labute approximate surface area is 173 Å². The molecule has 3 rings (SSSR count). The molecule has 1 aliphatic heterocycles. The van der Waals surface area contributed by atoms with E-state index in [2.05, 4.69) is 32.2 Å². The van der Waals surface area contributed by atoms with Crippen molar-refractivity contribution in [1.29, 1.82) is 0 Å². The van der Waals surface area contributed by atoms with Crippen LogP contribution in [0.2, 0.25) is 0 Å². The monoisotopic (exact) mass is 455 g/mol. The summed E-state index contributed by atoms with van der Waals surface area (Å²) < 4.78 is 6.33. The summed E-state index contributed by atoms with van der Waals surface area (Å²) in [5.41, 5.74) is 1.09. The van der Waals surface area contributed by atoms with Crippen LogP contribution in [0.3, 0.4) is 0 Å². The van der Waals surface area contributed by atoms with Crippen molar-refractivity contribution in [3.8, 4) is 18.1 Å². The van der Waals surface area contributed by atoms with Crippen LogP contribution in [0.1, 0.15) is 15.9 Å².